The molecule has 3 rings (SSSR count). The molecule has 2 saturated carbocycles. The van der Waals surface area contributed by atoms with E-state index in [-0.39, 0.29) is 30.5 Å². The minimum absolute atomic E-state index is 0.0555. The molecule has 2 fully saturated rings. The number of hydrogen-bond acceptors (Lipinski definition) is 7. The van der Waals surface area contributed by atoms with E-state index in [9.17, 15) is 19.6 Å². The van der Waals surface area contributed by atoms with Crippen LogP contribution in [0.25, 0.3) is 0 Å². The SMILES string of the molecule is C=C1CCC2C(C)(CO)C(O)CCC2(C)C1CCC1=C(P(=O)(OC)OC)COC1=O. The molecular formula is C22H35O7P. The first-order chi connectivity index (χ1) is 14.1. The largest absolute Gasteiger partial charge is 0.457 e. The zero-order valence-electron chi connectivity index (χ0n) is 18.5. The first kappa shape index (κ1) is 23.7. The number of aliphatic hydroxyl groups is 2. The van der Waals surface area contributed by atoms with Gasteiger partial charge in [0, 0.05) is 19.6 Å². The van der Waals surface area contributed by atoms with Crippen molar-refractivity contribution in [3.05, 3.63) is 23.0 Å². The third kappa shape index (κ3) is 3.63. The van der Waals surface area contributed by atoms with Gasteiger partial charge in [-0.15, -0.1) is 0 Å². The second kappa shape index (κ2) is 8.51. The molecule has 0 spiro atoms. The van der Waals surface area contributed by atoms with Gasteiger partial charge in [0.05, 0.1) is 23.6 Å². The molecule has 1 aliphatic heterocycles. The van der Waals surface area contributed by atoms with E-state index in [1.165, 1.54) is 14.2 Å². The highest BCUT2D eigenvalue weighted by atomic mass is 31.2. The summed E-state index contributed by atoms with van der Waals surface area (Å²) >= 11 is 0. The molecule has 0 aromatic rings. The van der Waals surface area contributed by atoms with Crippen molar-refractivity contribution in [2.24, 2.45) is 22.7 Å². The van der Waals surface area contributed by atoms with E-state index in [1.54, 1.807) is 0 Å². The van der Waals surface area contributed by atoms with Crippen LogP contribution in [0.2, 0.25) is 0 Å². The van der Waals surface area contributed by atoms with Gasteiger partial charge in [-0.25, -0.2) is 4.79 Å². The highest BCUT2D eigenvalue weighted by Crippen LogP contribution is 2.62. The molecule has 2 N–H and O–H groups in total. The molecule has 0 bridgehead atoms. The number of ether oxygens (including phenoxy) is 1. The number of esters is 1. The molecule has 0 aromatic carbocycles. The van der Waals surface area contributed by atoms with Crippen LogP contribution in [0, 0.1) is 22.7 Å². The van der Waals surface area contributed by atoms with Crippen molar-refractivity contribution < 1.29 is 33.4 Å². The van der Waals surface area contributed by atoms with Gasteiger partial charge in [0.1, 0.15) is 6.61 Å². The van der Waals surface area contributed by atoms with Gasteiger partial charge in [0.2, 0.25) is 0 Å². The Labute approximate surface area is 179 Å². The number of hydrogen-bond donors (Lipinski definition) is 2. The topological polar surface area (TPSA) is 102 Å². The number of cyclic esters (lactones) is 1. The summed E-state index contributed by atoms with van der Waals surface area (Å²) in [5.74, 6) is -0.190. The number of allylic oxidation sites excluding steroid dienone is 1. The fraction of sp³-hybridized carbons (Fsp3) is 0.773. The van der Waals surface area contributed by atoms with Crippen LogP contribution in [0.15, 0.2) is 23.0 Å². The smallest absolute Gasteiger partial charge is 0.360 e. The highest BCUT2D eigenvalue weighted by molar-refractivity contribution is 7.58. The van der Waals surface area contributed by atoms with Gasteiger partial charge in [0.25, 0.3) is 0 Å². The second-order valence-electron chi connectivity index (χ2n) is 9.43. The maximum Gasteiger partial charge on any atom is 0.360 e. The van der Waals surface area contributed by atoms with Crippen molar-refractivity contribution in [2.75, 3.05) is 27.4 Å². The van der Waals surface area contributed by atoms with Gasteiger partial charge in [-0.05, 0) is 55.8 Å². The normalized spacial score (nSPS) is 37.3. The molecule has 1 heterocycles. The number of fused-ring (bicyclic) bond motifs is 1. The first-order valence-electron chi connectivity index (χ1n) is 10.6. The lowest BCUT2D eigenvalue weighted by Gasteiger charge is -2.60. The van der Waals surface area contributed by atoms with Crippen molar-refractivity contribution in [1.29, 1.82) is 0 Å². The van der Waals surface area contributed by atoms with E-state index >= 15 is 0 Å². The Hall–Kier alpha value is -0.980. The van der Waals surface area contributed by atoms with Crippen LogP contribution >= 0.6 is 7.60 Å². The van der Waals surface area contributed by atoms with Gasteiger partial charge in [-0.1, -0.05) is 26.0 Å². The third-order valence-electron chi connectivity index (χ3n) is 8.12. The molecule has 30 heavy (non-hydrogen) atoms. The molecule has 0 amide bonds. The van der Waals surface area contributed by atoms with Gasteiger partial charge in [-0.2, -0.15) is 0 Å². The summed E-state index contributed by atoms with van der Waals surface area (Å²) in [5, 5.41) is 21.1. The maximum absolute atomic E-state index is 12.9. The zero-order valence-corrected chi connectivity index (χ0v) is 19.4. The standard InChI is InChI=1S/C22H35O7P/c1-14-6-9-18-21(2,11-10-19(24)22(18,3)13-23)16(14)8-7-15-17(12-29-20(15)25)30(26,27-4)28-5/h16,18-19,23-24H,1,6-13H2,2-5H3. The first-order valence-corrected chi connectivity index (χ1v) is 12.2. The Kier molecular flexibility index (Phi) is 6.72. The molecular weight excluding hydrogens is 407 g/mol. The third-order valence-corrected chi connectivity index (χ3v) is 10.1. The molecule has 5 unspecified atom stereocenters. The van der Waals surface area contributed by atoms with Crippen molar-refractivity contribution in [3.8, 4) is 0 Å². The Morgan fingerprint density at radius 1 is 1.27 bits per heavy atom. The minimum atomic E-state index is -3.54. The molecule has 0 aromatic heterocycles. The Balaban J connectivity index is 1.89. The van der Waals surface area contributed by atoms with Crippen molar-refractivity contribution >= 4 is 13.6 Å². The van der Waals surface area contributed by atoms with Gasteiger partial charge in [0.15, 0.2) is 0 Å². The van der Waals surface area contributed by atoms with Crippen LogP contribution in [0.3, 0.4) is 0 Å². The van der Waals surface area contributed by atoms with E-state index in [1.807, 2.05) is 6.92 Å². The fourth-order valence-electron chi connectivity index (χ4n) is 6.23. The quantitative estimate of drug-likeness (QED) is 0.351. The predicted octanol–water partition coefficient (Wildman–Crippen LogP) is 3.81. The number of carbonyl (C=O) groups is 1. The molecule has 0 radical (unpaired) electrons. The Morgan fingerprint density at radius 2 is 1.93 bits per heavy atom. The average Bonchev–Trinajstić information content (AvgIpc) is 3.11. The van der Waals surface area contributed by atoms with E-state index < -0.39 is 25.1 Å². The van der Waals surface area contributed by atoms with Gasteiger partial charge < -0.3 is 24.0 Å². The Bertz CT molecular complexity index is 782. The number of aliphatic hydroxyl groups excluding tert-OH is 2. The molecule has 170 valence electrons. The summed E-state index contributed by atoms with van der Waals surface area (Å²) in [6.45, 7) is 8.40. The maximum atomic E-state index is 12.9. The molecule has 7 nitrogen and oxygen atoms in total. The van der Waals surface area contributed by atoms with Crippen LogP contribution in [0.1, 0.15) is 52.4 Å². The second-order valence-corrected chi connectivity index (χ2v) is 11.7. The zero-order chi connectivity index (χ0) is 22.3. The lowest BCUT2D eigenvalue weighted by atomic mass is 9.46. The predicted molar refractivity (Wildman–Crippen MR) is 113 cm³/mol. The fourth-order valence-corrected chi connectivity index (χ4v) is 7.58. The summed E-state index contributed by atoms with van der Waals surface area (Å²) in [6.07, 6.45) is 3.72. The van der Waals surface area contributed by atoms with Crippen LogP contribution in [0.4, 0.5) is 0 Å². The van der Waals surface area contributed by atoms with E-state index in [4.69, 9.17) is 13.8 Å². The molecule has 3 aliphatic rings. The van der Waals surface area contributed by atoms with Crippen LogP contribution in [0.5, 0.6) is 0 Å². The lowest BCUT2D eigenvalue weighted by molar-refractivity contribution is -0.152. The van der Waals surface area contributed by atoms with Crippen LogP contribution in [-0.2, 0) is 23.1 Å². The monoisotopic (exact) mass is 442 g/mol. The van der Waals surface area contributed by atoms with Crippen LogP contribution in [-0.4, -0.2) is 49.7 Å². The van der Waals surface area contributed by atoms with Gasteiger partial charge >= 0.3 is 13.6 Å². The molecule has 2 aliphatic carbocycles. The summed E-state index contributed by atoms with van der Waals surface area (Å²) in [5.41, 5.74) is 0.827. The van der Waals surface area contributed by atoms with E-state index in [0.717, 1.165) is 24.8 Å². The number of carbonyl (C=O) groups excluding carboxylic acids is 1. The molecule has 5 atom stereocenters. The minimum Gasteiger partial charge on any atom is -0.457 e. The van der Waals surface area contributed by atoms with Crippen molar-refractivity contribution in [3.63, 3.8) is 0 Å². The van der Waals surface area contributed by atoms with Gasteiger partial charge in [-0.3, -0.25) is 4.57 Å². The van der Waals surface area contributed by atoms with Crippen molar-refractivity contribution in [1.82, 2.24) is 0 Å². The summed E-state index contributed by atoms with van der Waals surface area (Å²) < 4.78 is 28.2. The summed E-state index contributed by atoms with van der Waals surface area (Å²) in [7, 11) is -0.940. The summed E-state index contributed by atoms with van der Waals surface area (Å²) in [6, 6.07) is 0. The van der Waals surface area contributed by atoms with E-state index in [2.05, 4.69) is 13.5 Å². The summed E-state index contributed by atoms with van der Waals surface area (Å²) in [4.78, 5) is 12.4. The highest BCUT2D eigenvalue weighted by Gasteiger charge is 2.57. The van der Waals surface area contributed by atoms with Crippen molar-refractivity contribution in [2.45, 2.75) is 58.5 Å². The number of rotatable bonds is 7. The molecule has 8 heteroatoms. The average molecular weight is 442 g/mol. The van der Waals surface area contributed by atoms with Crippen LogP contribution < -0.4 is 0 Å². The lowest BCUT2D eigenvalue weighted by Crippen LogP contribution is -2.57. The van der Waals surface area contributed by atoms with E-state index in [0.29, 0.717) is 30.1 Å². The molecule has 0 saturated heterocycles. The Morgan fingerprint density at radius 3 is 2.53 bits per heavy atom.